The van der Waals surface area contributed by atoms with Crippen LogP contribution in [0.15, 0.2) is 72.0 Å². The molecular weight excluding hydrogens is 476 g/mol. The second kappa shape index (κ2) is 9.87. The lowest BCUT2D eigenvalue weighted by Gasteiger charge is -2.37. The van der Waals surface area contributed by atoms with E-state index in [1.807, 2.05) is 70.1 Å². The van der Waals surface area contributed by atoms with Gasteiger partial charge in [0.05, 0.1) is 16.9 Å². The molecule has 2 aromatic carbocycles. The number of nitrogens with zero attached hydrogens (tertiary/aromatic N) is 5. The van der Waals surface area contributed by atoms with Gasteiger partial charge >= 0.3 is 0 Å². The van der Waals surface area contributed by atoms with Crippen LogP contribution in [0.4, 0.5) is 11.4 Å². The molecule has 4 aromatic rings. The zero-order chi connectivity index (χ0) is 26.2. The highest BCUT2D eigenvalue weighted by atomic mass is 16.2. The van der Waals surface area contributed by atoms with Crippen LogP contribution in [-0.4, -0.2) is 69.4 Å². The Balaban J connectivity index is 1.18. The summed E-state index contributed by atoms with van der Waals surface area (Å²) in [4.78, 5) is 37.8. The van der Waals surface area contributed by atoms with E-state index in [4.69, 9.17) is 0 Å². The van der Waals surface area contributed by atoms with E-state index >= 15 is 0 Å². The molecule has 0 radical (unpaired) electrons. The van der Waals surface area contributed by atoms with Crippen LogP contribution in [0.3, 0.4) is 0 Å². The average Bonchev–Trinajstić information content (AvgIpc) is 3.60. The molecule has 38 heavy (non-hydrogen) atoms. The minimum absolute atomic E-state index is 0.0847. The normalized spacial score (nSPS) is 16.2. The molecule has 1 atom stereocenters. The van der Waals surface area contributed by atoms with Gasteiger partial charge in [0.1, 0.15) is 0 Å². The van der Waals surface area contributed by atoms with Crippen LogP contribution in [0, 0.1) is 0 Å². The quantitative estimate of drug-likeness (QED) is 0.403. The van der Waals surface area contributed by atoms with Crippen molar-refractivity contribution in [1.82, 2.24) is 19.2 Å². The second-order valence-electron chi connectivity index (χ2n) is 9.91. The monoisotopic (exact) mass is 506 g/mol. The Morgan fingerprint density at radius 2 is 1.82 bits per heavy atom. The first-order valence-electron chi connectivity index (χ1n) is 13.1. The van der Waals surface area contributed by atoms with Gasteiger partial charge in [-0.1, -0.05) is 13.0 Å². The van der Waals surface area contributed by atoms with Crippen molar-refractivity contribution in [1.29, 1.82) is 0 Å². The largest absolute Gasteiger partial charge is 0.352 e. The second-order valence-corrected chi connectivity index (χ2v) is 9.91. The lowest BCUT2D eigenvalue weighted by atomic mass is 10.0. The van der Waals surface area contributed by atoms with E-state index in [1.54, 1.807) is 12.4 Å². The highest BCUT2D eigenvalue weighted by Gasteiger charge is 2.24. The van der Waals surface area contributed by atoms with E-state index in [9.17, 15) is 9.59 Å². The zero-order valence-electron chi connectivity index (χ0n) is 21.6. The molecule has 1 fully saturated rings. The number of hydrogen-bond donors (Lipinski definition) is 1. The van der Waals surface area contributed by atoms with Crippen molar-refractivity contribution >= 4 is 35.1 Å². The Hall–Kier alpha value is -4.30. The van der Waals surface area contributed by atoms with Gasteiger partial charge in [-0.05, 0) is 67.4 Å². The Morgan fingerprint density at radius 1 is 1.03 bits per heavy atom. The molecule has 0 aliphatic carbocycles. The third-order valence-corrected chi connectivity index (χ3v) is 7.67. The minimum atomic E-state index is -0.198. The number of anilines is 2. The van der Waals surface area contributed by atoms with Crippen LogP contribution in [0.2, 0.25) is 0 Å². The average molecular weight is 507 g/mol. The van der Waals surface area contributed by atoms with Crippen molar-refractivity contribution in [2.75, 3.05) is 31.5 Å². The van der Waals surface area contributed by atoms with Gasteiger partial charge in [0.2, 0.25) is 0 Å². The number of carbonyl (C=O) groups excluding carboxylic acids is 2. The summed E-state index contributed by atoms with van der Waals surface area (Å²) in [6.45, 7) is 7.83. The Morgan fingerprint density at radius 3 is 2.58 bits per heavy atom. The van der Waals surface area contributed by atoms with Gasteiger partial charge in [-0.3, -0.25) is 18.9 Å². The summed E-state index contributed by atoms with van der Waals surface area (Å²) in [5, 5.41) is 3.45. The molecule has 8 heteroatoms. The molecule has 6 rings (SSSR count). The van der Waals surface area contributed by atoms with E-state index < -0.39 is 0 Å². The van der Waals surface area contributed by atoms with Gasteiger partial charge in [-0.15, -0.1) is 0 Å². The lowest BCUT2D eigenvalue weighted by Crippen LogP contribution is -2.51. The number of aromatic nitrogens is 2. The number of amides is 2. The van der Waals surface area contributed by atoms with Crippen LogP contribution < -0.4 is 5.32 Å². The van der Waals surface area contributed by atoms with Crippen LogP contribution in [0.5, 0.6) is 0 Å². The van der Waals surface area contributed by atoms with Crippen molar-refractivity contribution in [3.63, 3.8) is 0 Å². The number of piperazine rings is 1. The van der Waals surface area contributed by atoms with Gasteiger partial charge in [-0.2, -0.15) is 0 Å². The van der Waals surface area contributed by atoms with Crippen LogP contribution in [0.1, 0.15) is 46.5 Å². The van der Waals surface area contributed by atoms with E-state index in [0.29, 0.717) is 17.2 Å². The van der Waals surface area contributed by atoms with Gasteiger partial charge in [0.25, 0.3) is 11.8 Å². The molecule has 1 N–H and O–H groups in total. The smallest absolute Gasteiger partial charge is 0.277 e. The van der Waals surface area contributed by atoms with Crippen molar-refractivity contribution in [2.45, 2.75) is 26.3 Å². The van der Waals surface area contributed by atoms with Gasteiger partial charge in [0.15, 0.2) is 5.65 Å². The molecule has 0 saturated carbocycles. The lowest BCUT2D eigenvalue weighted by molar-refractivity contribution is 0.0579. The van der Waals surface area contributed by atoms with Gasteiger partial charge < -0.3 is 10.2 Å². The molecule has 2 aliphatic heterocycles. The van der Waals surface area contributed by atoms with Gasteiger partial charge in [0, 0.05) is 67.6 Å². The number of fused-ring (bicyclic) bond motifs is 2. The van der Waals surface area contributed by atoms with E-state index in [1.165, 1.54) is 0 Å². The molecule has 1 saturated heterocycles. The number of imidazole rings is 1. The fraction of sp³-hybridized carbons (Fsp3) is 0.267. The number of pyridine rings is 1. The molecule has 2 aromatic heterocycles. The molecular formula is C30H30N6O2. The molecule has 2 aliphatic rings. The van der Waals surface area contributed by atoms with E-state index in [0.717, 1.165) is 66.4 Å². The van der Waals surface area contributed by atoms with Crippen molar-refractivity contribution in [2.24, 2.45) is 4.99 Å². The highest BCUT2D eigenvalue weighted by molar-refractivity contribution is 6.13. The minimum Gasteiger partial charge on any atom is -0.352 e. The number of rotatable bonds is 6. The van der Waals surface area contributed by atoms with Crippen LogP contribution in [-0.2, 0) is 0 Å². The third-order valence-electron chi connectivity index (χ3n) is 7.67. The molecule has 4 heterocycles. The number of aliphatic imine (C=N–C) groups is 1. The summed E-state index contributed by atoms with van der Waals surface area (Å²) in [7, 11) is 0. The fourth-order valence-electron chi connectivity index (χ4n) is 5.23. The molecule has 2 amide bonds. The van der Waals surface area contributed by atoms with Crippen molar-refractivity contribution in [3.8, 4) is 11.3 Å². The number of nitrogens with one attached hydrogen (secondary N) is 1. The predicted octanol–water partition coefficient (Wildman–Crippen LogP) is 4.87. The molecule has 0 bridgehead atoms. The first-order chi connectivity index (χ1) is 18.5. The highest BCUT2D eigenvalue weighted by Crippen LogP contribution is 2.29. The van der Waals surface area contributed by atoms with Crippen LogP contribution >= 0.6 is 0 Å². The Labute approximate surface area is 221 Å². The third kappa shape index (κ3) is 4.37. The maximum absolute atomic E-state index is 13.1. The standard InChI is InChI=1S/C30H30N6O2/c1-3-20(2)34-14-16-35(17-15-34)30(38)21-4-7-24(8-5-21)33-26-10-11-27(36-13-12-31-28(26)36)22-6-9-25-23(18-22)19-32-29(25)37/h4-13,18-20,33H,3,14-17H2,1-2H3. The van der Waals surface area contributed by atoms with Crippen molar-refractivity contribution in [3.05, 3.63) is 83.7 Å². The summed E-state index contributed by atoms with van der Waals surface area (Å²) < 4.78 is 2.02. The molecule has 1 unspecified atom stereocenters. The summed E-state index contributed by atoms with van der Waals surface area (Å²) >= 11 is 0. The summed E-state index contributed by atoms with van der Waals surface area (Å²) in [6.07, 6.45) is 6.43. The Bertz CT molecular complexity index is 1550. The summed E-state index contributed by atoms with van der Waals surface area (Å²) in [5.74, 6) is -0.114. The molecule has 0 spiro atoms. The number of carbonyl (C=O) groups is 2. The van der Waals surface area contributed by atoms with Gasteiger partial charge in [-0.25, -0.2) is 9.98 Å². The summed E-state index contributed by atoms with van der Waals surface area (Å²) in [5.41, 5.74) is 6.63. The zero-order valence-corrected chi connectivity index (χ0v) is 21.6. The predicted molar refractivity (Wildman–Crippen MR) is 150 cm³/mol. The first kappa shape index (κ1) is 24.1. The molecule has 8 nitrogen and oxygen atoms in total. The topological polar surface area (TPSA) is 82.3 Å². The molecule has 192 valence electrons. The summed E-state index contributed by atoms with van der Waals surface area (Å²) in [6, 6.07) is 18.0. The van der Waals surface area contributed by atoms with Crippen LogP contribution in [0.25, 0.3) is 16.9 Å². The van der Waals surface area contributed by atoms with E-state index in [2.05, 4.69) is 34.0 Å². The SMILES string of the molecule is CCC(C)N1CCN(C(=O)c2ccc(Nc3ccc(-c4ccc5c(c4)C=NC5=O)n4ccnc34)cc2)CC1. The van der Waals surface area contributed by atoms with Crippen molar-refractivity contribution < 1.29 is 9.59 Å². The number of benzene rings is 2. The first-order valence-corrected chi connectivity index (χ1v) is 13.1. The fourth-order valence-corrected chi connectivity index (χ4v) is 5.23. The Kier molecular flexibility index (Phi) is 6.25. The van der Waals surface area contributed by atoms with E-state index in [-0.39, 0.29) is 11.8 Å². The maximum Gasteiger partial charge on any atom is 0.277 e. The number of hydrogen-bond acceptors (Lipinski definition) is 5. The maximum atomic E-state index is 13.1.